The lowest BCUT2D eigenvalue weighted by molar-refractivity contribution is -0.115. The fourth-order valence-corrected chi connectivity index (χ4v) is 4.42. The molecule has 0 atom stereocenters. The predicted molar refractivity (Wildman–Crippen MR) is 96.8 cm³/mol. The van der Waals surface area contributed by atoms with Crippen molar-refractivity contribution in [2.24, 2.45) is 0 Å². The van der Waals surface area contributed by atoms with Crippen molar-refractivity contribution in [3.8, 4) is 0 Å². The Hall–Kier alpha value is -1.44. The molecular formula is C17H27N3O3S. The van der Waals surface area contributed by atoms with E-state index in [9.17, 15) is 13.2 Å². The van der Waals surface area contributed by atoms with Crippen LogP contribution in [0.25, 0.3) is 0 Å². The molecule has 1 amide bonds. The van der Waals surface area contributed by atoms with E-state index in [2.05, 4.69) is 10.2 Å². The van der Waals surface area contributed by atoms with Crippen molar-refractivity contribution >= 4 is 21.6 Å². The zero-order chi connectivity index (χ0) is 17.9. The van der Waals surface area contributed by atoms with E-state index >= 15 is 0 Å². The summed E-state index contributed by atoms with van der Waals surface area (Å²) < 4.78 is 26.2. The van der Waals surface area contributed by atoms with Crippen LogP contribution in [0, 0.1) is 20.8 Å². The molecule has 6 nitrogen and oxygen atoms in total. The monoisotopic (exact) mass is 353 g/mol. The minimum absolute atomic E-state index is 0.0264. The van der Waals surface area contributed by atoms with Crippen LogP contribution in [-0.4, -0.2) is 62.5 Å². The third-order valence-corrected chi connectivity index (χ3v) is 6.26. The van der Waals surface area contributed by atoms with Gasteiger partial charge in [0.1, 0.15) is 0 Å². The van der Waals surface area contributed by atoms with Gasteiger partial charge in [-0.1, -0.05) is 17.7 Å². The second kappa shape index (κ2) is 7.63. The number of rotatable bonds is 5. The van der Waals surface area contributed by atoms with Gasteiger partial charge in [-0.25, -0.2) is 8.42 Å². The van der Waals surface area contributed by atoms with E-state index in [-0.39, 0.29) is 18.1 Å². The van der Waals surface area contributed by atoms with Crippen LogP contribution in [0.5, 0.6) is 0 Å². The van der Waals surface area contributed by atoms with Gasteiger partial charge in [0.2, 0.25) is 15.9 Å². The number of piperazine rings is 1. The van der Waals surface area contributed by atoms with Crippen molar-refractivity contribution in [1.29, 1.82) is 0 Å². The van der Waals surface area contributed by atoms with Gasteiger partial charge >= 0.3 is 0 Å². The molecule has 1 aromatic carbocycles. The summed E-state index contributed by atoms with van der Waals surface area (Å²) in [4.78, 5) is 14.3. The highest BCUT2D eigenvalue weighted by Gasteiger charge is 2.26. The highest BCUT2D eigenvalue weighted by Crippen LogP contribution is 2.22. The zero-order valence-corrected chi connectivity index (χ0v) is 15.7. The maximum Gasteiger partial charge on any atom is 0.225 e. The smallest absolute Gasteiger partial charge is 0.225 e. The number of benzene rings is 1. The van der Waals surface area contributed by atoms with Gasteiger partial charge in [0.25, 0.3) is 0 Å². The number of likely N-dealkylation sites (N-methyl/N-ethyl adjacent to an activating group) is 1. The van der Waals surface area contributed by atoms with Gasteiger partial charge in [0, 0.05) is 38.3 Å². The van der Waals surface area contributed by atoms with Crippen molar-refractivity contribution < 1.29 is 13.2 Å². The largest absolute Gasteiger partial charge is 0.326 e. The molecule has 0 radical (unpaired) electrons. The quantitative estimate of drug-likeness (QED) is 0.871. The molecule has 0 aromatic heterocycles. The highest BCUT2D eigenvalue weighted by atomic mass is 32.2. The van der Waals surface area contributed by atoms with Crippen LogP contribution in [0.15, 0.2) is 12.1 Å². The molecule has 1 heterocycles. The molecule has 0 spiro atoms. The normalized spacial score (nSPS) is 17.0. The molecule has 0 unspecified atom stereocenters. The number of nitrogens with zero attached hydrogens (tertiary/aromatic N) is 2. The van der Waals surface area contributed by atoms with E-state index in [4.69, 9.17) is 0 Å². The van der Waals surface area contributed by atoms with Gasteiger partial charge in [-0.2, -0.15) is 4.31 Å². The lowest BCUT2D eigenvalue weighted by Crippen LogP contribution is -2.48. The maximum absolute atomic E-state index is 12.4. The van der Waals surface area contributed by atoms with E-state index in [1.54, 1.807) is 0 Å². The first-order valence-electron chi connectivity index (χ1n) is 8.23. The summed E-state index contributed by atoms with van der Waals surface area (Å²) in [5.74, 6) is -0.408. The van der Waals surface area contributed by atoms with Gasteiger partial charge in [0.05, 0.1) is 5.75 Å². The van der Waals surface area contributed by atoms with Gasteiger partial charge in [0.15, 0.2) is 0 Å². The Morgan fingerprint density at radius 1 is 1.08 bits per heavy atom. The first kappa shape index (κ1) is 18.9. The fraction of sp³-hybridized carbons (Fsp3) is 0.588. The number of amides is 1. The summed E-state index contributed by atoms with van der Waals surface area (Å²) in [7, 11) is -1.40. The van der Waals surface area contributed by atoms with Gasteiger partial charge in [-0.3, -0.25) is 4.79 Å². The van der Waals surface area contributed by atoms with Crippen molar-refractivity contribution in [3.05, 3.63) is 28.8 Å². The lowest BCUT2D eigenvalue weighted by atomic mass is 10.1. The van der Waals surface area contributed by atoms with Crippen molar-refractivity contribution in [2.45, 2.75) is 27.2 Å². The topological polar surface area (TPSA) is 69.7 Å². The third kappa shape index (κ3) is 4.78. The molecule has 1 N–H and O–H groups in total. The predicted octanol–water partition coefficient (Wildman–Crippen LogP) is 1.52. The van der Waals surface area contributed by atoms with Crippen molar-refractivity contribution in [3.63, 3.8) is 0 Å². The molecule has 1 saturated heterocycles. The van der Waals surface area contributed by atoms with E-state index in [0.717, 1.165) is 35.5 Å². The molecule has 0 aliphatic carbocycles. The molecule has 1 aliphatic rings. The summed E-state index contributed by atoms with van der Waals surface area (Å²) in [6, 6.07) is 4.01. The average molecular weight is 353 g/mol. The number of hydrogen-bond donors (Lipinski definition) is 1. The molecule has 2 rings (SSSR count). The number of carbonyl (C=O) groups excluding carboxylic acids is 1. The molecule has 1 fully saturated rings. The Labute approximate surface area is 144 Å². The minimum Gasteiger partial charge on any atom is -0.326 e. The van der Waals surface area contributed by atoms with Crippen molar-refractivity contribution in [2.75, 3.05) is 44.3 Å². The Morgan fingerprint density at radius 3 is 2.17 bits per heavy atom. The molecule has 0 saturated carbocycles. The number of carbonyl (C=O) groups is 1. The van der Waals surface area contributed by atoms with E-state index in [1.165, 1.54) is 4.31 Å². The van der Waals surface area contributed by atoms with Gasteiger partial charge in [-0.05, 0) is 38.9 Å². The Kier molecular flexibility index (Phi) is 6.01. The average Bonchev–Trinajstić information content (AvgIpc) is 2.49. The molecule has 1 aliphatic heterocycles. The molecular weight excluding hydrogens is 326 g/mol. The summed E-state index contributed by atoms with van der Waals surface area (Å²) in [5.41, 5.74) is 3.90. The van der Waals surface area contributed by atoms with E-state index < -0.39 is 10.0 Å². The number of sulfonamides is 1. The van der Waals surface area contributed by atoms with Crippen LogP contribution >= 0.6 is 0 Å². The van der Waals surface area contributed by atoms with Crippen LogP contribution in [-0.2, 0) is 14.8 Å². The van der Waals surface area contributed by atoms with Crippen LogP contribution < -0.4 is 5.32 Å². The van der Waals surface area contributed by atoms with Crippen LogP contribution in [0.4, 0.5) is 5.69 Å². The second-order valence-electron chi connectivity index (χ2n) is 6.59. The molecule has 1 aromatic rings. The van der Waals surface area contributed by atoms with Crippen LogP contribution in [0.2, 0.25) is 0 Å². The number of nitrogens with one attached hydrogen (secondary N) is 1. The summed E-state index contributed by atoms with van der Waals surface area (Å²) >= 11 is 0. The minimum atomic E-state index is -3.38. The van der Waals surface area contributed by atoms with Gasteiger partial charge < -0.3 is 10.2 Å². The summed E-state index contributed by atoms with van der Waals surface area (Å²) in [6.07, 6.45) is -0.0264. The van der Waals surface area contributed by atoms with Gasteiger partial charge in [-0.15, -0.1) is 0 Å². The molecule has 134 valence electrons. The lowest BCUT2D eigenvalue weighted by Gasteiger charge is -2.31. The first-order chi connectivity index (χ1) is 11.2. The molecule has 7 heteroatoms. The summed E-state index contributed by atoms with van der Waals surface area (Å²) in [5, 5.41) is 2.86. The van der Waals surface area contributed by atoms with Crippen molar-refractivity contribution in [1.82, 2.24) is 9.21 Å². The first-order valence-corrected chi connectivity index (χ1v) is 9.84. The second-order valence-corrected chi connectivity index (χ2v) is 8.68. The van der Waals surface area contributed by atoms with Crippen LogP contribution in [0.1, 0.15) is 23.1 Å². The Balaban J connectivity index is 1.94. The number of aryl methyl sites for hydroxylation is 3. The number of hydrogen-bond acceptors (Lipinski definition) is 4. The van der Waals surface area contributed by atoms with E-state index in [0.29, 0.717) is 13.1 Å². The standard InChI is InChI=1S/C17H27N3O3S/c1-13-11-14(2)17(15(3)12-13)18-16(21)5-10-24(22,23)20-8-6-19(4)7-9-20/h11-12H,5-10H2,1-4H3,(H,18,21). The molecule has 0 bridgehead atoms. The number of anilines is 1. The maximum atomic E-state index is 12.4. The zero-order valence-electron chi connectivity index (χ0n) is 14.9. The molecule has 24 heavy (non-hydrogen) atoms. The Bertz CT molecular complexity index is 685. The van der Waals surface area contributed by atoms with E-state index in [1.807, 2.05) is 40.0 Å². The third-order valence-electron chi connectivity index (χ3n) is 4.38. The SMILES string of the molecule is Cc1cc(C)c(NC(=O)CCS(=O)(=O)N2CCN(C)CC2)c(C)c1. The van der Waals surface area contributed by atoms with Crippen LogP contribution in [0.3, 0.4) is 0 Å². The Morgan fingerprint density at radius 2 is 1.62 bits per heavy atom. The highest BCUT2D eigenvalue weighted by molar-refractivity contribution is 7.89. The summed E-state index contributed by atoms with van der Waals surface area (Å²) in [6.45, 7) is 8.34. The fourth-order valence-electron chi connectivity index (χ4n) is 3.00.